The van der Waals surface area contributed by atoms with E-state index < -0.39 is 17.9 Å². The Morgan fingerprint density at radius 1 is 1.28 bits per heavy atom. The third-order valence-corrected chi connectivity index (χ3v) is 3.01. The molecular weight excluding hydrogens is 238 g/mol. The zero-order valence-electron chi connectivity index (χ0n) is 9.54. The molecule has 6 heteroatoms. The molecule has 1 atom stereocenters. The molecule has 1 unspecified atom stereocenters. The van der Waals surface area contributed by atoms with E-state index in [0.29, 0.717) is 19.4 Å². The number of rotatable bonds is 2. The minimum Gasteiger partial charge on any atom is -0.508 e. The molecule has 1 amide bonds. The van der Waals surface area contributed by atoms with Gasteiger partial charge >= 0.3 is 5.97 Å². The van der Waals surface area contributed by atoms with Crippen LogP contribution in [0.5, 0.6) is 11.5 Å². The van der Waals surface area contributed by atoms with Crippen LogP contribution in [0.1, 0.15) is 23.2 Å². The van der Waals surface area contributed by atoms with E-state index in [-0.39, 0.29) is 17.1 Å². The Labute approximate surface area is 103 Å². The Bertz CT molecular complexity index is 499. The summed E-state index contributed by atoms with van der Waals surface area (Å²) in [6.07, 6.45) is 1.04. The van der Waals surface area contributed by atoms with Gasteiger partial charge in [-0.3, -0.25) is 4.79 Å². The Hall–Kier alpha value is -2.24. The van der Waals surface area contributed by atoms with E-state index in [1.165, 1.54) is 17.0 Å². The van der Waals surface area contributed by atoms with Crippen molar-refractivity contribution in [3.8, 4) is 11.5 Å². The molecule has 0 radical (unpaired) electrons. The maximum atomic E-state index is 12.1. The number of amides is 1. The summed E-state index contributed by atoms with van der Waals surface area (Å²) < 4.78 is 0. The van der Waals surface area contributed by atoms with Gasteiger partial charge in [0, 0.05) is 12.6 Å². The lowest BCUT2D eigenvalue weighted by Gasteiger charge is -2.21. The fourth-order valence-corrected chi connectivity index (χ4v) is 2.12. The quantitative estimate of drug-likeness (QED) is 0.721. The summed E-state index contributed by atoms with van der Waals surface area (Å²) >= 11 is 0. The second kappa shape index (κ2) is 4.56. The number of carbonyl (C=O) groups is 2. The first-order chi connectivity index (χ1) is 8.50. The van der Waals surface area contributed by atoms with Gasteiger partial charge in [-0.15, -0.1) is 0 Å². The average Bonchev–Trinajstić information content (AvgIpc) is 2.77. The smallest absolute Gasteiger partial charge is 0.326 e. The van der Waals surface area contributed by atoms with Crippen molar-refractivity contribution in [3.63, 3.8) is 0 Å². The third-order valence-electron chi connectivity index (χ3n) is 3.01. The SMILES string of the molecule is O=C(O)C1CCCN1C(=O)c1ccc(O)cc1O. The van der Waals surface area contributed by atoms with Gasteiger partial charge < -0.3 is 20.2 Å². The molecule has 1 heterocycles. The Kier molecular flexibility index (Phi) is 3.10. The first-order valence-corrected chi connectivity index (χ1v) is 5.56. The summed E-state index contributed by atoms with van der Waals surface area (Å²) in [6.45, 7) is 0.357. The summed E-state index contributed by atoms with van der Waals surface area (Å²) in [5, 5.41) is 27.7. The van der Waals surface area contributed by atoms with E-state index in [2.05, 4.69) is 0 Å². The van der Waals surface area contributed by atoms with Gasteiger partial charge in [0.2, 0.25) is 0 Å². The molecule has 1 aliphatic heterocycles. The van der Waals surface area contributed by atoms with Crippen LogP contribution in [0, 0.1) is 0 Å². The van der Waals surface area contributed by atoms with E-state index in [0.717, 1.165) is 6.07 Å². The van der Waals surface area contributed by atoms with Crippen molar-refractivity contribution in [1.82, 2.24) is 4.90 Å². The number of carboxylic acid groups (broad SMARTS) is 1. The molecule has 1 saturated heterocycles. The zero-order valence-corrected chi connectivity index (χ0v) is 9.54. The van der Waals surface area contributed by atoms with Crippen molar-refractivity contribution in [2.24, 2.45) is 0 Å². The zero-order chi connectivity index (χ0) is 13.3. The molecule has 1 aromatic rings. The van der Waals surface area contributed by atoms with E-state index in [1.54, 1.807) is 0 Å². The predicted molar refractivity (Wildman–Crippen MR) is 61.5 cm³/mol. The van der Waals surface area contributed by atoms with Crippen LogP contribution in [-0.4, -0.2) is 44.7 Å². The van der Waals surface area contributed by atoms with Crippen LogP contribution >= 0.6 is 0 Å². The van der Waals surface area contributed by atoms with Crippen LogP contribution in [-0.2, 0) is 4.79 Å². The number of phenolic OH excluding ortho intramolecular Hbond substituents is 2. The lowest BCUT2D eigenvalue weighted by Crippen LogP contribution is -2.40. The standard InChI is InChI=1S/C12H13NO5/c14-7-3-4-8(10(15)6-7)11(16)13-5-1-2-9(13)12(17)18/h3-4,6,9,14-15H,1-2,5H2,(H,17,18). The van der Waals surface area contributed by atoms with E-state index in [9.17, 15) is 14.7 Å². The van der Waals surface area contributed by atoms with Crippen LogP contribution in [0.15, 0.2) is 18.2 Å². The van der Waals surface area contributed by atoms with Crippen molar-refractivity contribution in [3.05, 3.63) is 23.8 Å². The fraction of sp³-hybridized carbons (Fsp3) is 0.333. The van der Waals surface area contributed by atoms with Crippen molar-refractivity contribution in [1.29, 1.82) is 0 Å². The summed E-state index contributed by atoms with van der Waals surface area (Å²) in [5.41, 5.74) is 0.000880. The van der Waals surface area contributed by atoms with Gasteiger partial charge in [0.15, 0.2) is 0 Å². The lowest BCUT2D eigenvalue weighted by molar-refractivity contribution is -0.141. The van der Waals surface area contributed by atoms with Crippen LogP contribution in [0.3, 0.4) is 0 Å². The van der Waals surface area contributed by atoms with Crippen LogP contribution < -0.4 is 0 Å². The second-order valence-electron chi connectivity index (χ2n) is 4.20. The highest BCUT2D eigenvalue weighted by Gasteiger charge is 2.35. The highest BCUT2D eigenvalue weighted by molar-refractivity contribution is 5.99. The molecule has 0 aliphatic carbocycles. The van der Waals surface area contributed by atoms with Crippen molar-refractivity contribution in [2.45, 2.75) is 18.9 Å². The largest absolute Gasteiger partial charge is 0.508 e. The number of benzene rings is 1. The summed E-state index contributed by atoms with van der Waals surface area (Å²) in [5.74, 6) is -2.08. The Morgan fingerprint density at radius 3 is 2.61 bits per heavy atom. The number of aliphatic carboxylic acids is 1. The molecule has 1 aliphatic rings. The number of carboxylic acids is 1. The van der Waals surface area contributed by atoms with Crippen molar-refractivity contribution in [2.75, 3.05) is 6.54 Å². The minimum absolute atomic E-state index is 0.000880. The topological polar surface area (TPSA) is 98.1 Å². The maximum Gasteiger partial charge on any atom is 0.326 e. The first-order valence-electron chi connectivity index (χ1n) is 5.56. The minimum atomic E-state index is -1.04. The molecule has 6 nitrogen and oxygen atoms in total. The van der Waals surface area contributed by atoms with Gasteiger partial charge in [-0.2, -0.15) is 0 Å². The molecule has 0 aromatic heterocycles. The van der Waals surface area contributed by atoms with Gasteiger partial charge in [0.25, 0.3) is 5.91 Å². The number of aromatic hydroxyl groups is 2. The normalized spacial score (nSPS) is 18.9. The molecule has 3 N–H and O–H groups in total. The number of nitrogens with zero attached hydrogens (tertiary/aromatic N) is 1. The molecule has 0 saturated carbocycles. The van der Waals surface area contributed by atoms with Crippen molar-refractivity contribution < 1.29 is 24.9 Å². The monoisotopic (exact) mass is 251 g/mol. The van der Waals surface area contributed by atoms with Gasteiger partial charge in [0.05, 0.1) is 5.56 Å². The van der Waals surface area contributed by atoms with Gasteiger partial charge in [-0.05, 0) is 25.0 Å². The summed E-state index contributed by atoms with van der Waals surface area (Å²) in [6, 6.07) is 2.77. The number of hydrogen-bond donors (Lipinski definition) is 3. The molecule has 2 rings (SSSR count). The van der Waals surface area contributed by atoms with E-state index >= 15 is 0 Å². The average molecular weight is 251 g/mol. The number of likely N-dealkylation sites (tertiary alicyclic amines) is 1. The highest BCUT2D eigenvalue weighted by atomic mass is 16.4. The third kappa shape index (κ3) is 2.09. The predicted octanol–water partition coefficient (Wildman–Crippen LogP) is 0.787. The Balaban J connectivity index is 2.28. The molecule has 18 heavy (non-hydrogen) atoms. The summed E-state index contributed by atoms with van der Waals surface area (Å²) in [4.78, 5) is 24.3. The lowest BCUT2D eigenvalue weighted by atomic mass is 10.1. The Morgan fingerprint density at radius 2 is 2.00 bits per heavy atom. The maximum absolute atomic E-state index is 12.1. The van der Waals surface area contributed by atoms with Crippen LogP contribution in [0.2, 0.25) is 0 Å². The summed E-state index contributed by atoms with van der Waals surface area (Å²) in [7, 11) is 0. The molecule has 0 spiro atoms. The van der Waals surface area contributed by atoms with Gasteiger partial charge in [-0.25, -0.2) is 4.79 Å². The molecule has 0 bridgehead atoms. The first kappa shape index (κ1) is 12.2. The molecule has 1 aromatic carbocycles. The van der Waals surface area contributed by atoms with Gasteiger partial charge in [0.1, 0.15) is 17.5 Å². The second-order valence-corrected chi connectivity index (χ2v) is 4.20. The van der Waals surface area contributed by atoms with E-state index in [4.69, 9.17) is 10.2 Å². The molecule has 96 valence electrons. The number of carbonyl (C=O) groups excluding carboxylic acids is 1. The molecule has 1 fully saturated rings. The number of phenols is 2. The van der Waals surface area contributed by atoms with Crippen molar-refractivity contribution >= 4 is 11.9 Å². The van der Waals surface area contributed by atoms with Crippen LogP contribution in [0.25, 0.3) is 0 Å². The van der Waals surface area contributed by atoms with Gasteiger partial charge in [-0.1, -0.05) is 0 Å². The molecular formula is C12H13NO5. The van der Waals surface area contributed by atoms with E-state index in [1.807, 2.05) is 0 Å². The highest BCUT2D eigenvalue weighted by Crippen LogP contribution is 2.27. The number of hydrogen-bond acceptors (Lipinski definition) is 4. The fourth-order valence-electron chi connectivity index (χ4n) is 2.12. The van der Waals surface area contributed by atoms with Crippen LogP contribution in [0.4, 0.5) is 0 Å².